The summed E-state index contributed by atoms with van der Waals surface area (Å²) in [7, 11) is 18.6. The van der Waals surface area contributed by atoms with Crippen molar-refractivity contribution in [2.24, 2.45) is 11.8 Å². The first kappa shape index (κ1) is 53.3. The molecule has 0 aromatic heterocycles. The minimum absolute atomic E-state index is 0.134. The molecule has 0 nitrogen and oxygen atoms in total. The second kappa shape index (κ2) is 20.2. The van der Waals surface area contributed by atoms with Gasteiger partial charge in [0.2, 0.25) is 0 Å². The van der Waals surface area contributed by atoms with Gasteiger partial charge in [0.25, 0.3) is 0 Å². The molecule has 1 aliphatic heterocycles. The average molecular weight is 1090 g/mol. The number of fused-ring (bicyclic) bond motifs is 5. The van der Waals surface area contributed by atoms with Gasteiger partial charge in [0.05, 0.1) is 0 Å². The van der Waals surface area contributed by atoms with Crippen molar-refractivity contribution in [3.63, 3.8) is 0 Å². The molecular formula is C68H83Cl2SiZr. The molecule has 0 fully saturated rings. The Labute approximate surface area is 446 Å². The number of halogens is 2. The fraction of sp³-hybridized carbons (Fsp3) is 0.412. The Balaban J connectivity index is 1.43. The van der Waals surface area contributed by atoms with Gasteiger partial charge in [0, 0.05) is 0 Å². The quantitative estimate of drug-likeness (QED) is 0.0898. The predicted octanol–water partition coefficient (Wildman–Crippen LogP) is 18.9. The fourth-order valence-electron chi connectivity index (χ4n) is 13.3. The molecule has 6 aromatic carbocycles. The Kier molecular flexibility index (Phi) is 15.0. The van der Waals surface area contributed by atoms with E-state index in [0.29, 0.717) is 47.3 Å². The zero-order valence-corrected chi connectivity index (χ0v) is 52.0. The molecule has 2 aliphatic carbocycles. The van der Waals surface area contributed by atoms with Gasteiger partial charge in [-0.2, -0.15) is 0 Å². The second-order valence-corrected chi connectivity index (χ2v) is 47.5. The third-order valence-corrected chi connectivity index (χ3v) is 39.6. The summed E-state index contributed by atoms with van der Waals surface area (Å²) in [5.41, 5.74) is 24.8. The van der Waals surface area contributed by atoms with Crippen LogP contribution in [0.3, 0.4) is 0 Å². The van der Waals surface area contributed by atoms with Crippen molar-refractivity contribution in [3.8, 4) is 33.4 Å². The number of hydrogen-bond donors (Lipinski definition) is 0. The van der Waals surface area contributed by atoms with Crippen LogP contribution >= 0.6 is 17.0 Å². The molecule has 72 heavy (non-hydrogen) atoms. The molecule has 0 amide bonds. The molecular weight excluding hydrogens is 1010 g/mol. The molecule has 4 heteroatoms. The number of allylic oxidation sites excluding steroid dienone is 2. The monoisotopic (exact) mass is 1090 g/mol. The topological polar surface area (TPSA) is 0 Å². The van der Waals surface area contributed by atoms with Gasteiger partial charge in [-0.3, -0.25) is 0 Å². The van der Waals surface area contributed by atoms with Gasteiger partial charge in [-0.15, -0.1) is 0 Å². The van der Waals surface area contributed by atoms with E-state index in [9.17, 15) is 17.0 Å². The zero-order valence-electron chi connectivity index (χ0n) is 46.6. The number of benzene rings is 6. The van der Waals surface area contributed by atoms with Crippen LogP contribution in [0, 0.1) is 11.8 Å². The first-order chi connectivity index (χ1) is 34.0. The van der Waals surface area contributed by atoms with Crippen LogP contribution in [0.4, 0.5) is 0 Å². The molecule has 0 radical (unpaired) electrons. The van der Waals surface area contributed by atoms with Gasteiger partial charge >= 0.3 is 450 Å². The molecule has 0 bridgehead atoms. The normalized spacial score (nSPS) is 17.2. The molecule has 6 aromatic rings. The Morgan fingerprint density at radius 2 is 0.847 bits per heavy atom. The van der Waals surface area contributed by atoms with Gasteiger partial charge in [0.1, 0.15) is 0 Å². The van der Waals surface area contributed by atoms with Crippen molar-refractivity contribution in [2.45, 2.75) is 166 Å². The van der Waals surface area contributed by atoms with Crippen molar-refractivity contribution in [3.05, 3.63) is 170 Å². The SMILES string of the molecule is CC(C)CC1=Cc2c(ccc(C(C)C)c2-c2cc(C(C)C)cc(C(C)C)c2)[CH]1[Zr]([Cl])([Cl])([c]1cccc2c1[SiH2]c1ccccc1-2)[CH]1C(CC(C)C)=Cc2c1ccc(C(C)C)c2-c1cc(C(C)C)cc(C(C)C)c1. The van der Waals surface area contributed by atoms with E-state index in [1.165, 1.54) is 114 Å². The predicted molar refractivity (Wildman–Crippen MR) is 320 cm³/mol. The average Bonchev–Trinajstić information content (AvgIpc) is 4.01. The van der Waals surface area contributed by atoms with Crippen LogP contribution < -0.4 is 13.6 Å². The zero-order chi connectivity index (χ0) is 51.9. The Morgan fingerprint density at radius 3 is 1.24 bits per heavy atom. The third-order valence-electron chi connectivity index (χ3n) is 16.8. The third kappa shape index (κ3) is 9.26. The number of rotatable bonds is 15. The van der Waals surface area contributed by atoms with E-state index in [0.717, 1.165) is 12.8 Å². The fourth-order valence-corrected chi connectivity index (χ4v) is 41.1. The van der Waals surface area contributed by atoms with E-state index in [4.69, 9.17) is 0 Å². The van der Waals surface area contributed by atoms with E-state index < -0.39 is 25.9 Å². The summed E-state index contributed by atoms with van der Waals surface area (Å²) in [5.74, 6) is 3.12. The van der Waals surface area contributed by atoms with Crippen LogP contribution in [0.1, 0.15) is 222 Å². The Hall–Kier alpha value is -3.52. The first-order valence-electron chi connectivity index (χ1n) is 27.8. The molecule has 2 atom stereocenters. The van der Waals surface area contributed by atoms with Crippen LogP contribution in [0.15, 0.2) is 114 Å². The maximum atomic E-state index is 9.76. The number of hydrogen-bond acceptors (Lipinski definition) is 0. The van der Waals surface area contributed by atoms with E-state index in [-0.39, 0.29) is 7.25 Å². The molecule has 377 valence electrons. The van der Waals surface area contributed by atoms with Crippen molar-refractivity contribution in [2.75, 3.05) is 0 Å². The van der Waals surface area contributed by atoms with Crippen molar-refractivity contribution < 1.29 is 16.4 Å². The van der Waals surface area contributed by atoms with Crippen LogP contribution in [0.2, 0.25) is 0 Å². The van der Waals surface area contributed by atoms with Gasteiger partial charge < -0.3 is 0 Å². The van der Waals surface area contributed by atoms with Crippen molar-refractivity contribution in [1.29, 1.82) is 0 Å². The van der Waals surface area contributed by atoms with Crippen molar-refractivity contribution >= 4 is 52.3 Å². The summed E-state index contributed by atoms with van der Waals surface area (Å²) in [4.78, 5) is 0. The minimum atomic E-state index is -5.87. The van der Waals surface area contributed by atoms with Gasteiger partial charge in [0.15, 0.2) is 0 Å². The summed E-state index contributed by atoms with van der Waals surface area (Å²) in [6.45, 7) is 37.8. The van der Waals surface area contributed by atoms with Gasteiger partial charge in [-0.1, -0.05) is 0 Å². The maximum absolute atomic E-state index is 9.76. The first-order valence-corrected chi connectivity index (χ1v) is 39.6. The molecule has 1 heterocycles. The standard InChI is InChI=1S/2C28H37.C12H9Si.2ClH.Zr/c2*1-17(2)11-21-12-22-9-10-26(20(7)8)28(27(22)13-21)25-15-23(18(3)4)14-24(16-25)19(5)6;1-3-7-11-9(5-1)10-6-2-4-8-12(10)13-11;;;/h2*9-10,12-20H,11H2,1-8H3;1-7H,13H2;2*1H;/q;;;;;+2/p-2. The van der Waals surface area contributed by atoms with Gasteiger partial charge in [-0.25, -0.2) is 0 Å². The molecule has 9 rings (SSSR count). The molecule has 0 saturated heterocycles. The van der Waals surface area contributed by atoms with Crippen molar-refractivity contribution in [1.82, 2.24) is 0 Å². The molecule has 0 saturated carbocycles. The summed E-state index contributed by atoms with van der Waals surface area (Å²) in [6.07, 6.45) is 7.14. The van der Waals surface area contributed by atoms with Crippen LogP contribution in [0.25, 0.3) is 45.5 Å². The van der Waals surface area contributed by atoms with Crippen LogP contribution in [-0.2, 0) is 16.4 Å². The van der Waals surface area contributed by atoms with E-state index in [1.807, 2.05) is 0 Å². The molecule has 0 N–H and O–H groups in total. The molecule has 2 unspecified atom stereocenters. The summed E-state index contributed by atoms with van der Waals surface area (Å²) >= 11 is -5.87. The van der Waals surface area contributed by atoms with Crippen LogP contribution in [0.5, 0.6) is 0 Å². The summed E-state index contributed by atoms with van der Waals surface area (Å²) in [6, 6.07) is 41.2. The van der Waals surface area contributed by atoms with Gasteiger partial charge in [-0.05, 0) is 0 Å². The van der Waals surface area contributed by atoms with E-state index >= 15 is 0 Å². The Bertz CT molecular complexity index is 2920. The van der Waals surface area contributed by atoms with E-state index in [2.05, 4.69) is 226 Å². The Morgan fingerprint density at radius 1 is 0.444 bits per heavy atom. The summed E-state index contributed by atoms with van der Waals surface area (Å²) in [5, 5.41) is 2.99. The molecule has 0 spiro atoms. The molecule has 3 aliphatic rings. The van der Waals surface area contributed by atoms with Crippen LogP contribution in [-0.4, -0.2) is 9.52 Å². The van der Waals surface area contributed by atoms with E-state index in [1.54, 1.807) is 0 Å². The second-order valence-electron chi connectivity index (χ2n) is 25.1. The summed E-state index contributed by atoms with van der Waals surface area (Å²) < 4.78 is 1.05.